The minimum absolute atomic E-state index is 0.112. The SMILES string of the molecule is CC(C)(O)[C@H](F)CNC(=O)c1cnc(-c2ccc3cc(C#N)cnn23)cc1NC1CCOCC1. The number of nitriles is 1. The van der Waals surface area contributed by atoms with Crippen molar-refractivity contribution in [2.75, 3.05) is 25.1 Å². The van der Waals surface area contributed by atoms with Gasteiger partial charge in [-0.3, -0.25) is 9.78 Å². The third-order valence-electron chi connectivity index (χ3n) is 5.83. The Morgan fingerprint density at radius 3 is 2.82 bits per heavy atom. The van der Waals surface area contributed by atoms with Gasteiger partial charge in [0.2, 0.25) is 0 Å². The molecule has 3 aromatic rings. The second kappa shape index (κ2) is 9.75. The molecule has 0 unspecified atom stereocenters. The van der Waals surface area contributed by atoms with Crippen LogP contribution < -0.4 is 10.6 Å². The van der Waals surface area contributed by atoms with Gasteiger partial charge >= 0.3 is 0 Å². The van der Waals surface area contributed by atoms with Gasteiger partial charge in [-0.05, 0) is 51.0 Å². The van der Waals surface area contributed by atoms with Crippen LogP contribution in [0.1, 0.15) is 42.6 Å². The van der Waals surface area contributed by atoms with Gasteiger partial charge < -0.3 is 20.5 Å². The van der Waals surface area contributed by atoms with E-state index in [-0.39, 0.29) is 18.2 Å². The predicted molar refractivity (Wildman–Crippen MR) is 124 cm³/mol. The van der Waals surface area contributed by atoms with Gasteiger partial charge in [-0.25, -0.2) is 8.91 Å². The summed E-state index contributed by atoms with van der Waals surface area (Å²) in [6.45, 7) is 3.64. The number of aliphatic hydroxyl groups is 1. The topological polar surface area (TPSA) is 125 Å². The molecule has 0 aromatic carbocycles. The monoisotopic (exact) mass is 466 g/mol. The van der Waals surface area contributed by atoms with Gasteiger partial charge in [-0.15, -0.1) is 0 Å². The summed E-state index contributed by atoms with van der Waals surface area (Å²) < 4.78 is 21.3. The summed E-state index contributed by atoms with van der Waals surface area (Å²) in [7, 11) is 0. The molecule has 0 radical (unpaired) electrons. The lowest BCUT2D eigenvalue weighted by Crippen LogP contribution is -2.42. The first-order valence-electron chi connectivity index (χ1n) is 11.1. The molecule has 10 heteroatoms. The first kappa shape index (κ1) is 23.6. The minimum Gasteiger partial charge on any atom is -0.387 e. The highest BCUT2D eigenvalue weighted by Crippen LogP contribution is 2.27. The van der Waals surface area contributed by atoms with Gasteiger partial charge in [0.1, 0.15) is 12.2 Å². The summed E-state index contributed by atoms with van der Waals surface area (Å²) in [5.41, 5.74) is 1.77. The van der Waals surface area contributed by atoms with E-state index in [0.717, 1.165) is 18.4 Å². The second-order valence-electron chi connectivity index (χ2n) is 8.89. The van der Waals surface area contributed by atoms with Crippen LogP contribution in [0.25, 0.3) is 16.9 Å². The van der Waals surface area contributed by atoms with E-state index >= 15 is 0 Å². The molecule has 4 rings (SSSR count). The van der Waals surface area contributed by atoms with Crippen LogP contribution in [-0.4, -0.2) is 63.2 Å². The number of hydrogen-bond acceptors (Lipinski definition) is 7. The number of aromatic nitrogens is 3. The number of amides is 1. The average molecular weight is 467 g/mol. The third kappa shape index (κ3) is 5.16. The highest BCUT2D eigenvalue weighted by Gasteiger charge is 2.27. The molecule has 1 saturated heterocycles. The summed E-state index contributed by atoms with van der Waals surface area (Å²) in [5, 5.41) is 29.2. The van der Waals surface area contributed by atoms with Crippen LogP contribution >= 0.6 is 0 Å². The number of hydrogen-bond donors (Lipinski definition) is 3. The number of nitrogens with zero attached hydrogens (tertiary/aromatic N) is 4. The maximum atomic E-state index is 14.2. The van der Waals surface area contributed by atoms with Crippen LogP contribution in [0, 0.1) is 11.3 Å². The fourth-order valence-corrected chi connectivity index (χ4v) is 3.74. The molecule has 0 bridgehead atoms. The Kier molecular flexibility index (Phi) is 6.77. The fourth-order valence-electron chi connectivity index (χ4n) is 3.74. The van der Waals surface area contributed by atoms with Crippen LogP contribution in [0.15, 0.2) is 36.7 Å². The lowest BCUT2D eigenvalue weighted by Gasteiger charge is -2.26. The molecule has 9 nitrogen and oxygen atoms in total. The zero-order valence-corrected chi connectivity index (χ0v) is 19.1. The highest BCUT2D eigenvalue weighted by atomic mass is 19.1. The molecule has 4 heterocycles. The highest BCUT2D eigenvalue weighted by molar-refractivity contribution is 6.00. The molecule has 1 aliphatic heterocycles. The number of ether oxygens (including phenoxy) is 1. The Bertz CT molecular complexity index is 1220. The van der Waals surface area contributed by atoms with Crippen LogP contribution in [0.5, 0.6) is 0 Å². The van der Waals surface area contributed by atoms with Gasteiger partial charge in [-0.2, -0.15) is 10.4 Å². The van der Waals surface area contributed by atoms with Crippen LogP contribution in [-0.2, 0) is 4.74 Å². The number of fused-ring (bicyclic) bond motifs is 1. The van der Waals surface area contributed by atoms with Crippen molar-refractivity contribution in [3.8, 4) is 17.5 Å². The molecule has 178 valence electrons. The summed E-state index contributed by atoms with van der Waals surface area (Å²) >= 11 is 0. The van der Waals surface area contributed by atoms with E-state index < -0.39 is 17.7 Å². The van der Waals surface area contributed by atoms with Gasteiger partial charge in [0.05, 0.1) is 52.1 Å². The van der Waals surface area contributed by atoms with E-state index in [1.54, 1.807) is 16.6 Å². The Labute approximate surface area is 196 Å². The van der Waals surface area contributed by atoms with E-state index in [1.807, 2.05) is 12.1 Å². The van der Waals surface area contributed by atoms with Crippen molar-refractivity contribution in [1.82, 2.24) is 19.9 Å². The number of nitrogens with one attached hydrogen (secondary N) is 2. The Morgan fingerprint density at radius 1 is 1.35 bits per heavy atom. The predicted octanol–water partition coefficient (Wildman–Crippen LogP) is 2.70. The third-order valence-corrected chi connectivity index (χ3v) is 5.83. The lowest BCUT2D eigenvalue weighted by molar-refractivity contribution is -0.00177. The van der Waals surface area contributed by atoms with Crippen molar-refractivity contribution in [2.45, 2.75) is 44.5 Å². The van der Waals surface area contributed by atoms with E-state index in [2.05, 4.69) is 26.8 Å². The molecule has 0 saturated carbocycles. The van der Waals surface area contributed by atoms with E-state index in [1.165, 1.54) is 26.2 Å². The normalized spacial score (nSPS) is 15.6. The van der Waals surface area contributed by atoms with E-state index in [9.17, 15) is 14.3 Å². The molecule has 1 atom stereocenters. The largest absolute Gasteiger partial charge is 0.387 e. The number of alkyl halides is 1. The number of rotatable bonds is 7. The molecular weight excluding hydrogens is 439 g/mol. The van der Waals surface area contributed by atoms with Gasteiger partial charge in [0.15, 0.2) is 0 Å². The van der Waals surface area contributed by atoms with Crippen molar-refractivity contribution in [3.63, 3.8) is 0 Å². The standard InChI is InChI=1S/C24H27FN6O3/c1-24(2,33)22(25)14-28-23(32)18-13-27-20(10-19(18)30-16-5-7-34-8-6-16)21-4-3-17-9-15(11-26)12-29-31(17)21/h3-4,9-10,12-13,16,22,33H,5-8,14H2,1-2H3,(H,27,30)(H,28,32)/t22-/m1/s1. The second-order valence-corrected chi connectivity index (χ2v) is 8.89. The van der Waals surface area contributed by atoms with E-state index in [0.29, 0.717) is 35.9 Å². The first-order chi connectivity index (χ1) is 16.3. The molecule has 0 aliphatic carbocycles. The lowest BCUT2D eigenvalue weighted by atomic mass is 10.0. The molecule has 34 heavy (non-hydrogen) atoms. The zero-order chi connectivity index (χ0) is 24.3. The maximum Gasteiger partial charge on any atom is 0.255 e. The molecule has 3 aromatic heterocycles. The Morgan fingerprint density at radius 2 is 2.12 bits per heavy atom. The van der Waals surface area contributed by atoms with Crippen molar-refractivity contribution in [2.24, 2.45) is 0 Å². The number of halogens is 1. The number of anilines is 1. The summed E-state index contributed by atoms with van der Waals surface area (Å²) in [6, 6.07) is 9.38. The Hall–Kier alpha value is -3.55. The molecule has 1 aliphatic rings. The molecule has 1 amide bonds. The Balaban J connectivity index is 1.65. The van der Waals surface area contributed by atoms with Crippen molar-refractivity contribution < 1.29 is 19.0 Å². The van der Waals surface area contributed by atoms with Gasteiger partial charge in [0, 0.05) is 25.5 Å². The van der Waals surface area contributed by atoms with Crippen molar-refractivity contribution >= 4 is 17.1 Å². The maximum absolute atomic E-state index is 14.2. The smallest absolute Gasteiger partial charge is 0.255 e. The van der Waals surface area contributed by atoms with Crippen LogP contribution in [0.4, 0.5) is 10.1 Å². The number of carbonyl (C=O) groups is 1. The molecular formula is C24H27FN6O3. The molecule has 3 N–H and O–H groups in total. The quantitative estimate of drug-likeness (QED) is 0.489. The fraction of sp³-hybridized carbons (Fsp3) is 0.417. The van der Waals surface area contributed by atoms with E-state index in [4.69, 9.17) is 10.00 Å². The number of carbonyl (C=O) groups excluding carboxylic acids is 1. The number of pyridine rings is 1. The minimum atomic E-state index is -1.62. The van der Waals surface area contributed by atoms with Crippen molar-refractivity contribution in [3.05, 3.63) is 47.8 Å². The molecule has 1 fully saturated rings. The molecule has 0 spiro atoms. The first-order valence-corrected chi connectivity index (χ1v) is 11.1. The van der Waals surface area contributed by atoms with Gasteiger partial charge in [0.25, 0.3) is 5.91 Å². The summed E-state index contributed by atoms with van der Waals surface area (Å²) in [6.07, 6.45) is 2.89. The van der Waals surface area contributed by atoms with Crippen LogP contribution in [0.2, 0.25) is 0 Å². The van der Waals surface area contributed by atoms with Crippen LogP contribution in [0.3, 0.4) is 0 Å². The zero-order valence-electron chi connectivity index (χ0n) is 19.1. The summed E-state index contributed by atoms with van der Waals surface area (Å²) in [4.78, 5) is 17.4. The average Bonchev–Trinajstić information content (AvgIpc) is 3.25. The summed E-state index contributed by atoms with van der Waals surface area (Å²) in [5.74, 6) is -0.489. The van der Waals surface area contributed by atoms with Gasteiger partial charge in [-0.1, -0.05) is 0 Å². The van der Waals surface area contributed by atoms with Crippen molar-refractivity contribution in [1.29, 1.82) is 5.26 Å².